The fraction of sp³-hybridized carbons (Fsp3) is 0.364. The normalized spacial score (nSPS) is 15.7. The molecule has 2 aromatic carbocycles. The van der Waals surface area contributed by atoms with Gasteiger partial charge in [-0.2, -0.15) is 0 Å². The zero-order valence-electron chi connectivity index (χ0n) is 17.2. The summed E-state index contributed by atoms with van der Waals surface area (Å²) in [5, 5.41) is 7.56. The van der Waals surface area contributed by atoms with Gasteiger partial charge >= 0.3 is 0 Å². The molecule has 1 aliphatic rings. The number of hydrogen-bond acceptors (Lipinski definition) is 4. The largest absolute Gasteiger partial charge is 0.493 e. The summed E-state index contributed by atoms with van der Waals surface area (Å²) in [6.45, 7) is 1.45. The molecule has 160 valence electrons. The number of likely N-dealkylation sites (N-methyl/N-ethyl adjacent to an activating group) is 1. The van der Waals surface area contributed by atoms with E-state index in [1.165, 1.54) is 0 Å². The molecule has 2 N–H and O–H groups in total. The van der Waals surface area contributed by atoms with Gasteiger partial charge in [-0.1, -0.05) is 29.8 Å². The first kappa shape index (κ1) is 22.3. The monoisotopic (exact) mass is 446 g/mol. The maximum atomic E-state index is 12.0. The molecule has 30 heavy (non-hydrogen) atoms. The number of halogens is 1. The van der Waals surface area contributed by atoms with Crippen LogP contribution >= 0.6 is 23.4 Å². The van der Waals surface area contributed by atoms with Gasteiger partial charge in [0.2, 0.25) is 5.91 Å². The molecule has 3 rings (SSSR count). The third-order valence-corrected chi connectivity index (χ3v) is 5.88. The summed E-state index contributed by atoms with van der Waals surface area (Å²) in [5.74, 6) is 2.33. The van der Waals surface area contributed by atoms with E-state index in [1.54, 1.807) is 30.8 Å². The number of nitrogens with one attached hydrogen (secondary N) is 2. The summed E-state index contributed by atoms with van der Waals surface area (Å²) in [6, 6.07) is 15.9. The highest BCUT2D eigenvalue weighted by molar-refractivity contribution is 7.99. The molecule has 1 amide bonds. The molecule has 0 radical (unpaired) electrons. The van der Waals surface area contributed by atoms with E-state index in [0.29, 0.717) is 19.1 Å². The van der Waals surface area contributed by atoms with E-state index in [-0.39, 0.29) is 18.5 Å². The van der Waals surface area contributed by atoms with Crippen molar-refractivity contribution in [2.75, 3.05) is 39.5 Å². The first-order valence-corrected chi connectivity index (χ1v) is 11.2. The molecule has 0 aromatic heterocycles. The summed E-state index contributed by atoms with van der Waals surface area (Å²) in [7, 11) is 3.46. The highest BCUT2D eigenvalue weighted by Crippen LogP contribution is 2.31. The minimum absolute atomic E-state index is 0.0426. The zero-order valence-corrected chi connectivity index (χ0v) is 18.8. The predicted octanol–water partition coefficient (Wildman–Crippen LogP) is 3.58. The second-order valence-corrected chi connectivity index (χ2v) is 8.66. The molecule has 0 bridgehead atoms. The van der Waals surface area contributed by atoms with Crippen LogP contribution in [0.4, 0.5) is 0 Å². The van der Waals surface area contributed by atoms with Crippen LogP contribution in [0.1, 0.15) is 18.0 Å². The lowest BCUT2D eigenvalue weighted by atomic mass is 10.0. The molecule has 1 aliphatic heterocycles. The van der Waals surface area contributed by atoms with Crippen molar-refractivity contribution >= 4 is 35.2 Å². The Morgan fingerprint density at radius 3 is 2.77 bits per heavy atom. The van der Waals surface area contributed by atoms with Crippen molar-refractivity contribution in [1.82, 2.24) is 15.5 Å². The van der Waals surface area contributed by atoms with Gasteiger partial charge in [-0.05, 0) is 30.3 Å². The topological polar surface area (TPSA) is 66.0 Å². The summed E-state index contributed by atoms with van der Waals surface area (Å²) in [5.41, 5.74) is 1.10. The lowest BCUT2D eigenvalue weighted by Crippen LogP contribution is -2.42. The minimum atomic E-state index is -0.0426. The van der Waals surface area contributed by atoms with E-state index in [1.807, 2.05) is 42.5 Å². The van der Waals surface area contributed by atoms with Crippen LogP contribution in [0.15, 0.2) is 58.4 Å². The first-order chi connectivity index (χ1) is 14.5. The molecule has 1 heterocycles. The number of carbonyl (C=O) groups is 1. The Bertz CT molecular complexity index is 874. The van der Waals surface area contributed by atoms with Crippen molar-refractivity contribution < 1.29 is 9.53 Å². The van der Waals surface area contributed by atoms with Gasteiger partial charge in [0, 0.05) is 48.3 Å². The van der Waals surface area contributed by atoms with E-state index in [0.717, 1.165) is 33.4 Å². The molecular weight excluding hydrogens is 420 g/mol. The summed E-state index contributed by atoms with van der Waals surface area (Å²) < 4.78 is 5.75. The Labute approximate surface area is 187 Å². The van der Waals surface area contributed by atoms with Crippen molar-refractivity contribution in [3.63, 3.8) is 0 Å². The standard InChI is InChI=1S/C22H27ClN4O2S/c1-27(2)21(28)15-25-22(24-12-14-30-17-9-7-16(23)8-10-17)26-19-11-13-29-20-6-4-3-5-18(19)20/h3-10,19H,11-15H2,1-2H3,(H2,24,25,26). The SMILES string of the molecule is CN(C)C(=O)CN=C(NCCSc1ccc(Cl)cc1)NC1CCOc2ccccc21. The van der Waals surface area contributed by atoms with Crippen LogP contribution in [-0.2, 0) is 4.79 Å². The second kappa shape index (κ2) is 11.1. The Morgan fingerprint density at radius 2 is 2.00 bits per heavy atom. The molecule has 1 unspecified atom stereocenters. The average molecular weight is 447 g/mol. The summed E-state index contributed by atoms with van der Waals surface area (Å²) in [4.78, 5) is 19.2. The van der Waals surface area contributed by atoms with Gasteiger partial charge in [-0.25, -0.2) is 4.99 Å². The Kier molecular flexibility index (Phi) is 8.28. The first-order valence-electron chi connectivity index (χ1n) is 9.88. The lowest BCUT2D eigenvalue weighted by Gasteiger charge is -2.28. The van der Waals surface area contributed by atoms with Crippen LogP contribution in [-0.4, -0.2) is 56.3 Å². The average Bonchev–Trinajstić information content (AvgIpc) is 2.76. The fourth-order valence-corrected chi connectivity index (χ4v) is 3.86. The lowest BCUT2D eigenvalue weighted by molar-refractivity contribution is -0.127. The smallest absolute Gasteiger partial charge is 0.243 e. The molecular formula is C22H27ClN4O2S. The van der Waals surface area contributed by atoms with E-state index >= 15 is 0 Å². The van der Waals surface area contributed by atoms with Crippen molar-refractivity contribution in [2.45, 2.75) is 17.4 Å². The Balaban J connectivity index is 1.61. The van der Waals surface area contributed by atoms with Crippen molar-refractivity contribution in [2.24, 2.45) is 4.99 Å². The van der Waals surface area contributed by atoms with Gasteiger partial charge in [0.25, 0.3) is 0 Å². The highest BCUT2D eigenvalue weighted by atomic mass is 35.5. The van der Waals surface area contributed by atoms with E-state index in [4.69, 9.17) is 16.3 Å². The van der Waals surface area contributed by atoms with E-state index in [9.17, 15) is 4.79 Å². The highest BCUT2D eigenvalue weighted by Gasteiger charge is 2.22. The molecule has 0 fully saturated rings. The van der Waals surface area contributed by atoms with Crippen molar-refractivity contribution in [3.8, 4) is 5.75 Å². The predicted molar refractivity (Wildman–Crippen MR) is 124 cm³/mol. The maximum Gasteiger partial charge on any atom is 0.243 e. The number of rotatable bonds is 7. The van der Waals surface area contributed by atoms with Gasteiger partial charge in [0.15, 0.2) is 5.96 Å². The van der Waals surface area contributed by atoms with Crippen molar-refractivity contribution in [3.05, 3.63) is 59.1 Å². The fourth-order valence-electron chi connectivity index (χ4n) is 2.97. The zero-order chi connectivity index (χ0) is 21.3. The minimum Gasteiger partial charge on any atom is -0.493 e. The number of aliphatic imine (C=N–C) groups is 1. The number of nitrogens with zero attached hydrogens (tertiary/aromatic N) is 2. The molecule has 8 heteroatoms. The number of carbonyl (C=O) groups excluding carboxylic acids is 1. The van der Waals surface area contributed by atoms with Gasteiger partial charge in [-0.15, -0.1) is 11.8 Å². The van der Waals surface area contributed by atoms with Crippen LogP contribution in [0, 0.1) is 0 Å². The number of fused-ring (bicyclic) bond motifs is 1. The second-order valence-electron chi connectivity index (χ2n) is 7.05. The third kappa shape index (κ3) is 6.57. The van der Waals surface area contributed by atoms with Gasteiger partial charge in [0.05, 0.1) is 12.6 Å². The number of ether oxygens (including phenoxy) is 1. The third-order valence-electron chi connectivity index (χ3n) is 4.62. The Morgan fingerprint density at radius 1 is 1.23 bits per heavy atom. The molecule has 6 nitrogen and oxygen atoms in total. The number of hydrogen-bond donors (Lipinski definition) is 2. The summed E-state index contributed by atoms with van der Waals surface area (Å²) in [6.07, 6.45) is 0.832. The van der Waals surface area contributed by atoms with Gasteiger partial charge < -0.3 is 20.3 Å². The number of benzene rings is 2. The number of para-hydroxylation sites is 1. The van der Waals surface area contributed by atoms with Crippen LogP contribution < -0.4 is 15.4 Å². The molecule has 0 spiro atoms. The molecule has 0 saturated heterocycles. The molecule has 0 saturated carbocycles. The van der Waals surface area contributed by atoms with Crippen molar-refractivity contribution in [1.29, 1.82) is 0 Å². The molecule has 0 aliphatic carbocycles. The Hall–Kier alpha value is -2.38. The molecule has 1 atom stereocenters. The van der Waals surface area contributed by atoms with Crippen LogP contribution in [0.5, 0.6) is 5.75 Å². The van der Waals surface area contributed by atoms with Gasteiger partial charge in [0.1, 0.15) is 12.3 Å². The van der Waals surface area contributed by atoms with Crippen LogP contribution in [0.3, 0.4) is 0 Å². The van der Waals surface area contributed by atoms with E-state index in [2.05, 4.69) is 21.7 Å². The van der Waals surface area contributed by atoms with Crippen LogP contribution in [0.25, 0.3) is 0 Å². The van der Waals surface area contributed by atoms with Gasteiger partial charge in [-0.3, -0.25) is 4.79 Å². The number of thioether (sulfide) groups is 1. The number of amides is 1. The van der Waals surface area contributed by atoms with E-state index < -0.39 is 0 Å². The number of guanidine groups is 1. The summed E-state index contributed by atoms with van der Waals surface area (Å²) >= 11 is 7.68. The molecule has 2 aromatic rings. The van der Waals surface area contributed by atoms with Crippen LogP contribution in [0.2, 0.25) is 5.02 Å². The maximum absolute atomic E-state index is 12.0. The quantitative estimate of drug-likeness (QED) is 0.294.